The fourth-order valence-corrected chi connectivity index (χ4v) is 6.26. The van der Waals surface area contributed by atoms with Crippen molar-refractivity contribution in [1.29, 1.82) is 0 Å². The molecule has 6 rings (SSSR count). The SMILES string of the molecule is Cc1ccc(C2=NC(C(=O)CSc3cnc(Cc4cccs4)n3C3CC3)C(c3ccco3)C2)o1. The second kappa shape index (κ2) is 9.07. The van der Waals surface area contributed by atoms with E-state index < -0.39 is 6.04 Å². The van der Waals surface area contributed by atoms with Crippen LogP contribution >= 0.6 is 23.1 Å². The number of aliphatic imine (C=N–C) groups is 1. The molecular formula is C26H25N3O3S2. The first kappa shape index (κ1) is 21.7. The molecule has 34 heavy (non-hydrogen) atoms. The van der Waals surface area contributed by atoms with E-state index in [0.717, 1.165) is 40.3 Å². The lowest BCUT2D eigenvalue weighted by Gasteiger charge is -2.15. The predicted molar refractivity (Wildman–Crippen MR) is 133 cm³/mol. The molecule has 4 aromatic heterocycles. The summed E-state index contributed by atoms with van der Waals surface area (Å²) in [6, 6.07) is 11.9. The number of hydrogen-bond acceptors (Lipinski definition) is 7. The van der Waals surface area contributed by atoms with Gasteiger partial charge in [0.2, 0.25) is 0 Å². The number of hydrogen-bond donors (Lipinski definition) is 0. The number of aryl methyl sites for hydroxylation is 1. The number of carbonyl (C=O) groups is 1. The van der Waals surface area contributed by atoms with Gasteiger partial charge in [0.25, 0.3) is 0 Å². The Labute approximate surface area is 206 Å². The summed E-state index contributed by atoms with van der Waals surface area (Å²) in [6.45, 7) is 1.91. The monoisotopic (exact) mass is 491 g/mol. The normalized spacial score (nSPS) is 20.1. The van der Waals surface area contributed by atoms with E-state index in [4.69, 9.17) is 18.8 Å². The van der Waals surface area contributed by atoms with Crippen LogP contribution in [-0.4, -0.2) is 32.8 Å². The highest BCUT2D eigenvalue weighted by atomic mass is 32.2. The largest absolute Gasteiger partial charge is 0.469 e. The maximum Gasteiger partial charge on any atom is 0.168 e. The predicted octanol–water partition coefficient (Wildman–Crippen LogP) is 6.07. The van der Waals surface area contributed by atoms with E-state index >= 15 is 0 Å². The zero-order chi connectivity index (χ0) is 23.1. The van der Waals surface area contributed by atoms with Gasteiger partial charge in [0.05, 0.1) is 34.9 Å². The van der Waals surface area contributed by atoms with Crippen molar-refractivity contribution in [3.05, 3.63) is 82.2 Å². The Hall–Kier alpha value is -2.84. The van der Waals surface area contributed by atoms with E-state index in [1.165, 1.54) is 17.7 Å². The number of furan rings is 2. The molecule has 1 aliphatic heterocycles. The first-order valence-electron chi connectivity index (χ1n) is 11.6. The molecule has 4 aromatic rings. The number of thioether (sulfide) groups is 1. The molecule has 1 aliphatic carbocycles. The standard InChI is InChI=1S/C26H25N3O3S2/c1-16-6-9-23(32-16)20-13-19(22-5-2-10-31-22)26(28-20)21(30)15-34-25-14-27-24(29(25)17-7-8-17)12-18-4-3-11-33-18/h2-6,9-11,14,17,19,26H,7-8,12-13,15H2,1H3. The third-order valence-electron chi connectivity index (χ3n) is 6.38. The zero-order valence-electron chi connectivity index (χ0n) is 18.8. The van der Waals surface area contributed by atoms with Crippen LogP contribution in [-0.2, 0) is 11.2 Å². The molecule has 8 heteroatoms. The molecule has 174 valence electrons. The number of thiophene rings is 1. The van der Waals surface area contributed by atoms with E-state index in [2.05, 4.69) is 22.1 Å². The van der Waals surface area contributed by atoms with Crippen LogP contribution in [0.3, 0.4) is 0 Å². The van der Waals surface area contributed by atoms with Crippen molar-refractivity contribution in [2.24, 2.45) is 4.99 Å². The van der Waals surface area contributed by atoms with Gasteiger partial charge in [0.1, 0.15) is 29.1 Å². The van der Waals surface area contributed by atoms with Gasteiger partial charge in [-0.1, -0.05) is 17.8 Å². The number of aromatic nitrogens is 2. The molecule has 0 N–H and O–H groups in total. The number of imidazole rings is 1. The molecule has 0 amide bonds. The molecule has 1 saturated carbocycles. The number of nitrogens with zero attached hydrogens (tertiary/aromatic N) is 3. The molecule has 2 unspecified atom stereocenters. The van der Waals surface area contributed by atoms with Gasteiger partial charge < -0.3 is 13.4 Å². The van der Waals surface area contributed by atoms with Gasteiger partial charge in [-0.15, -0.1) is 11.3 Å². The van der Waals surface area contributed by atoms with Crippen molar-refractivity contribution in [3.8, 4) is 0 Å². The molecule has 0 aromatic carbocycles. The molecule has 2 aliphatic rings. The van der Waals surface area contributed by atoms with Gasteiger partial charge in [-0.3, -0.25) is 9.79 Å². The van der Waals surface area contributed by atoms with Gasteiger partial charge in [-0.05, 0) is 55.5 Å². The van der Waals surface area contributed by atoms with Crippen molar-refractivity contribution in [1.82, 2.24) is 9.55 Å². The van der Waals surface area contributed by atoms with Crippen molar-refractivity contribution in [3.63, 3.8) is 0 Å². The first-order valence-corrected chi connectivity index (χ1v) is 13.4. The lowest BCUT2D eigenvalue weighted by atomic mass is 9.93. The van der Waals surface area contributed by atoms with E-state index in [9.17, 15) is 4.79 Å². The van der Waals surface area contributed by atoms with Crippen molar-refractivity contribution >= 4 is 34.6 Å². The fraction of sp³-hybridized carbons (Fsp3) is 0.346. The summed E-state index contributed by atoms with van der Waals surface area (Å²) in [5.41, 5.74) is 0.833. The highest BCUT2D eigenvalue weighted by Crippen LogP contribution is 2.41. The summed E-state index contributed by atoms with van der Waals surface area (Å²) in [6.07, 6.45) is 7.40. The third kappa shape index (κ3) is 4.32. The average Bonchev–Trinajstić information content (AvgIpc) is 3.42. The molecular weight excluding hydrogens is 466 g/mol. The second-order valence-corrected chi connectivity index (χ2v) is 10.9. The summed E-state index contributed by atoms with van der Waals surface area (Å²) in [5.74, 6) is 3.81. The van der Waals surface area contributed by atoms with Crippen molar-refractivity contribution in [2.45, 2.75) is 55.6 Å². The summed E-state index contributed by atoms with van der Waals surface area (Å²) < 4.78 is 13.8. The summed E-state index contributed by atoms with van der Waals surface area (Å²) >= 11 is 3.33. The van der Waals surface area contributed by atoms with E-state index in [0.29, 0.717) is 18.2 Å². The Morgan fingerprint density at radius 2 is 2.15 bits per heavy atom. The molecule has 6 nitrogen and oxygen atoms in total. The summed E-state index contributed by atoms with van der Waals surface area (Å²) in [4.78, 5) is 24.3. The Balaban J connectivity index is 1.21. The topological polar surface area (TPSA) is 73.5 Å². The Morgan fingerprint density at radius 3 is 2.85 bits per heavy atom. The van der Waals surface area contributed by atoms with Crippen molar-refractivity contribution < 1.29 is 13.6 Å². The van der Waals surface area contributed by atoms with Gasteiger partial charge in [-0.2, -0.15) is 0 Å². The van der Waals surface area contributed by atoms with Gasteiger partial charge in [0, 0.05) is 23.8 Å². The summed E-state index contributed by atoms with van der Waals surface area (Å²) in [5, 5.41) is 3.17. The molecule has 0 bridgehead atoms. The van der Waals surface area contributed by atoms with Crippen LogP contribution in [0.2, 0.25) is 0 Å². The van der Waals surface area contributed by atoms with E-state index in [1.54, 1.807) is 29.4 Å². The van der Waals surface area contributed by atoms with Gasteiger partial charge in [0.15, 0.2) is 5.78 Å². The Bertz CT molecular complexity index is 1310. The average molecular weight is 492 g/mol. The number of ketones is 1. The lowest BCUT2D eigenvalue weighted by molar-refractivity contribution is -0.118. The number of carbonyl (C=O) groups excluding carboxylic acids is 1. The van der Waals surface area contributed by atoms with E-state index in [-0.39, 0.29) is 11.7 Å². The quantitative estimate of drug-likeness (QED) is 0.266. The Morgan fingerprint density at radius 1 is 1.24 bits per heavy atom. The van der Waals surface area contributed by atoms with Crippen molar-refractivity contribution in [2.75, 3.05) is 5.75 Å². The second-order valence-electron chi connectivity index (χ2n) is 8.88. The molecule has 0 radical (unpaired) electrons. The molecule has 0 spiro atoms. The molecule has 5 heterocycles. The fourth-order valence-electron chi connectivity index (χ4n) is 4.58. The van der Waals surface area contributed by atoms with Crippen LogP contribution < -0.4 is 0 Å². The minimum atomic E-state index is -0.470. The maximum absolute atomic E-state index is 13.4. The number of Topliss-reactive ketones (excluding diaryl/α,β-unsaturated/α-hetero) is 1. The van der Waals surface area contributed by atoms with Crippen LogP contribution in [0.1, 0.15) is 59.2 Å². The minimum Gasteiger partial charge on any atom is -0.469 e. The lowest BCUT2D eigenvalue weighted by Crippen LogP contribution is -2.25. The molecule has 2 atom stereocenters. The van der Waals surface area contributed by atoms with Crippen LogP contribution in [0.5, 0.6) is 0 Å². The zero-order valence-corrected chi connectivity index (χ0v) is 20.5. The van der Waals surface area contributed by atoms with Crippen LogP contribution in [0, 0.1) is 6.92 Å². The maximum atomic E-state index is 13.4. The van der Waals surface area contributed by atoms with Crippen LogP contribution in [0.15, 0.2) is 73.1 Å². The third-order valence-corrected chi connectivity index (χ3v) is 8.28. The molecule has 0 saturated heterocycles. The Kier molecular flexibility index (Phi) is 5.79. The number of rotatable bonds is 9. The van der Waals surface area contributed by atoms with Gasteiger partial charge >= 0.3 is 0 Å². The molecule has 1 fully saturated rings. The highest BCUT2D eigenvalue weighted by Gasteiger charge is 2.38. The van der Waals surface area contributed by atoms with Crippen LogP contribution in [0.25, 0.3) is 0 Å². The van der Waals surface area contributed by atoms with Crippen LogP contribution in [0.4, 0.5) is 0 Å². The smallest absolute Gasteiger partial charge is 0.168 e. The first-order chi connectivity index (χ1) is 16.7. The minimum absolute atomic E-state index is 0.105. The summed E-state index contributed by atoms with van der Waals surface area (Å²) in [7, 11) is 0. The van der Waals surface area contributed by atoms with E-state index in [1.807, 2.05) is 37.4 Å². The van der Waals surface area contributed by atoms with Gasteiger partial charge in [-0.25, -0.2) is 4.98 Å². The highest BCUT2D eigenvalue weighted by molar-refractivity contribution is 7.99.